The van der Waals surface area contributed by atoms with E-state index in [1.54, 1.807) is 12.1 Å². The Labute approximate surface area is 152 Å². The molecule has 144 valence electrons. The summed E-state index contributed by atoms with van der Waals surface area (Å²) in [6.07, 6.45) is 0.304. The van der Waals surface area contributed by atoms with Gasteiger partial charge < -0.3 is 10.5 Å². The lowest BCUT2D eigenvalue weighted by Gasteiger charge is -2.08. The summed E-state index contributed by atoms with van der Waals surface area (Å²) < 4.78 is 84.5. The second-order valence-electron chi connectivity index (χ2n) is 5.19. The molecule has 0 aliphatic carbocycles. The molecule has 2 rings (SSSR count). The van der Waals surface area contributed by atoms with Gasteiger partial charge in [0.25, 0.3) is 5.91 Å². The lowest BCUT2D eigenvalue weighted by Crippen LogP contribution is -2.19. The molecular weight excluding hydrogens is 393 g/mol. The molecular formula is C17H12F5NO3S. The maximum absolute atomic E-state index is 13.8. The molecule has 27 heavy (non-hydrogen) atoms. The number of amides is 1. The lowest BCUT2D eigenvalue weighted by molar-refractivity contribution is -0.113. The highest BCUT2D eigenvalue weighted by Gasteiger charge is 2.26. The van der Waals surface area contributed by atoms with Crippen molar-refractivity contribution in [1.82, 2.24) is 0 Å². The van der Waals surface area contributed by atoms with Crippen molar-refractivity contribution in [3.05, 3.63) is 69.4 Å². The number of hydrogen-bond acceptors (Lipinski definition) is 3. The minimum Gasteiger partial charge on any atom is -0.497 e. The van der Waals surface area contributed by atoms with Gasteiger partial charge in [-0.3, -0.25) is 9.00 Å². The fourth-order valence-corrected chi connectivity index (χ4v) is 3.20. The first kappa shape index (κ1) is 20.6. The SMILES string of the molecule is COc1ccc(CS(=O)/C(=C/c2c(F)c(F)c(F)c(F)c2F)C(N)=O)cc1. The standard InChI is InChI=1S/C17H12F5NO3S/c1-26-9-4-2-8(3-5-9)7-27(25)11(17(23)24)6-10-12(18)14(20)16(22)15(21)13(10)19/h2-6H,7H2,1H3,(H2,23,24)/b11-6+. The normalized spacial score (nSPS) is 12.7. The van der Waals surface area contributed by atoms with Crippen LogP contribution in [0.2, 0.25) is 0 Å². The van der Waals surface area contributed by atoms with Gasteiger partial charge in [0, 0.05) is 0 Å². The molecule has 2 aromatic rings. The number of hydrogen-bond donors (Lipinski definition) is 1. The topological polar surface area (TPSA) is 69.4 Å². The average Bonchev–Trinajstić information content (AvgIpc) is 2.65. The molecule has 0 heterocycles. The highest BCUT2D eigenvalue weighted by atomic mass is 32.2. The van der Waals surface area contributed by atoms with Gasteiger partial charge in [-0.15, -0.1) is 0 Å². The Bertz CT molecular complexity index is 916. The number of halogens is 5. The Morgan fingerprint density at radius 1 is 1.00 bits per heavy atom. The minimum atomic E-state index is -2.35. The van der Waals surface area contributed by atoms with Crippen LogP contribution in [0.5, 0.6) is 5.75 Å². The molecule has 2 aromatic carbocycles. The number of methoxy groups -OCH3 is 1. The van der Waals surface area contributed by atoms with Crippen LogP contribution in [-0.2, 0) is 21.3 Å². The number of carbonyl (C=O) groups excluding carboxylic acids is 1. The smallest absolute Gasteiger partial charge is 0.257 e. The highest BCUT2D eigenvalue weighted by Crippen LogP contribution is 2.26. The zero-order valence-corrected chi connectivity index (χ0v) is 14.5. The molecule has 4 nitrogen and oxygen atoms in total. The molecule has 1 unspecified atom stereocenters. The van der Waals surface area contributed by atoms with Gasteiger partial charge in [0.05, 0.1) is 29.2 Å². The number of ether oxygens (including phenoxy) is 1. The van der Waals surface area contributed by atoms with Gasteiger partial charge in [0.1, 0.15) is 10.7 Å². The summed E-state index contributed by atoms with van der Waals surface area (Å²) in [6.45, 7) is 0. The quantitative estimate of drug-likeness (QED) is 0.347. The third-order valence-electron chi connectivity index (χ3n) is 3.46. The Morgan fingerprint density at radius 2 is 1.48 bits per heavy atom. The average molecular weight is 405 g/mol. The third-order valence-corrected chi connectivity index (χ3v) is 4.87. The van der Waals surface area contributed by atoms with E-state index >= 15 is 0 Å². The Balaban J connectivity index is 2.45. The van der Waals surface area contributed by atoms with Crippen LogP contribution in [0, 0.1) is 29.1 Å². The largest absolute Gasteiger partial charge is 0.497 e. The zero-order chi connectivity index (χ0) is 20.3. The van der Waals surface area contributed by atoms with Gasteiger partial charge in [-0.05, 0) is 23.8 Å². The molecule has 10 heteroatoms. The van der Waals surface area contributed by atoms with Gasteiger partial charge in [-0.1, -0.05) is 12.1 Å². The first-order valence-electron chi connectivity index (χ1n) is 7.21. The van der Waals surface area contributed by atoms with Crippen LogP contribution in [-0.4, -0.2) is 17.2 Å². The van der Waals surface area contributed by atoms with E-state index in [0.29, 0.717) is 17.4 Å². The van der Waals surface area contributed by atoms with Crippen molar-refractivity contribution in [2.75, 3.05) is 7.11 Å². The molecule has 0 aliphatic rings. The van der Waals surface area contributed by atoms with Crippen LogP contribution in [0.15, 0.2) is 29.2 Å². The minimum absolute atomic E-state index is 0.284. The fourth-order valence-electron chi connectivity index (χ4n) is 2.08. The second-order valence-corrected chi connectivity index (χ2v) is 6.61. The van der Waals surface area contributed by atoms with Crippen molar-refractivity contribution in [2.24, 2.45) is 5.73 Å². The summed E-state index contributed by atoms with van der Waals surface area (Å²) in [6, 6.07) is 6.13. The molecule has 2 N–H and O–H groups in total. The first-order chi connectivity index (χ1) is 12.7. The van der Waals surface area contributed by atoms with Crippen molar-refractivity contribution >= 4 is 22.8 Å². The summed E-state index contributed by atoms with van der Waals surface area (Å²) in [7, 11) is -0.774. The van der Waals surface area contributed by atoms with Gasteiger partial charge in [-0.2, -0.15) is 0 Å². The van der Waals surface area contributed by atoms with Crippen LogP contribution >= 0.6 is 0 Å². The molecule has 0 fully saturated rings. The summed E-state index contributed by atoms with van der Waals surface area (Å²) in [5.74, 6) is -12.1. The molecule has 0 bridgehead atoms. The van der Waals surface area contributed by atoms with Crippen LogP contribution in [0.3, 0.4) is 0 Å². The number of benzene rings is 2. The molecule has 1 amide bonds. The monoisotopic (exact) mass is 405 g/mol. The Hall–Kier alpha value is -2.75. The molecule has 0 saturated carbocycles. The van der Waals surface area contributed by atoms with E-state index in [9.17, 15) is 31.0 Å². The van der Waals surface area contributed by atoms with Gasteiger partial charge in [0.15, 0.2) is 23.3 Å². The maximum atomic E-state index is 13.8. The summed E-state index contributed by atoms with van der Waals surface area (Å²) in [5.41, 5.74) is 4.12. The van der Waals surface area contributed by atoms with E-state index in [1.807, 2.05) is 0 Å². The van der Waals surface area contributed by atoms with Gasteiger partial charge in [-0.25, -0.2) is 22.0 Å². The highest BCUT2D eigenvalue weighted by molar-refractivity contribution is 7.89. The van der Waals surface area contributed by atoms with Gasteiger partial charge >= 0.3 is 0 Å². The number of nitrogens with two attached hydrogens (primary N) is 1. The van der Waals surface area contributed by atoms with E-state index in [0.717, 1.165) is 0 Å². The number of rotatable bonds is 6. The Morgan fingerprint density at radius 3 is 1.93 bits per heavy atom. The molecule has 0 saturated heterocycles. The predicted molar refractivity (Wildman–Crippen MR) is 88.2 cm³/mol. The van der Waals surface area contributed by atoms with Crippen molar-refractivity contribution in [3.8, 4) is 5.75 Å². The molecule has 1 atom stereocenters. The van der Waals surface area contributed by atoms with Crippen molar-refractivity contribution in [1.29, 1.82) is 0 Å². The third kappa shape index (κ3) is 4.33. The van der Waals surface area contributed by atoms with E-state index in [1.165, 1.54) is 19.2 Å². The summed E-state index contributed by atoms with van der Waals surface area (Å²) in [4.78, 5) is 10.7. The van der Waals surface area contributed by atoms with E-state index < -0.39 is 56.3 Å². The predicted octanol–water partition coefficient (Wildman–Crippen LogP) is 3.17. The van der Waals surface area contributed by atoms with E-state index in [2.05, 4.69) is 0 Å². The number of carbonyl (C=O) groups is 1. The molecule has 0 aliphatic heterocycles. The summed E-state index contributed by atoms with van der Waals surface area (Å²) in [5, 5.41) is 0. The second kappa shape index (κ2) is 8.30. The van der Waals surface area contributed by atoms with Crippen LogP contribution in [0.25, 0.3) is 6.08 Å². The van der Waals surface area contributed by atoms with E-state index in [4.69, 9.17) is 10.5 Å². The van der Waals surface area contributed by atoms with Crippen molar-refractivity contribution < 1.29 is 35.7 Å². The molecule has 0 aromatic heterocycles. The van der Waals surface area contributed by atoms with Crippen LogP contribution in [0.4, 0.5) is 22.0 Å². The van der Waals surface area contributed by atoms with Crippen LogP contribution in [0.1, 0.15) is 11.1 Å². The maximum Gasteiger partial charge on any atom is 0.257 e. The van der Waals surface area contributed by atoms with Crippen molar-refractivity contribution in [2.45, 2.75) is 5.75 Å². The summed E-state index contributed by atoms with van der Waals surface area (Å²) >= 11 is 0. The van der Waals surface area contributed by atoms with Crippen LogP contribution < -0.4 is 10.5 Å². The van der Waals surface area contributed by atoms with Gasteiger partial charge in [0.2, 0.25) is 5.82 Å². The first-order valence-corrected chi connectivity index (χ1v) is 8.53. The fraction of sp³-hybridized carbons (Fsp3) is 0.118. The van der Waals surface area contributed by atoms with E-state index in [-0.39, 0.29) is 5.75 Å². The number of primary amides is 1. The molecule has 0 spiro atoms. The lowest BCUT2D eigenvalue weighted by atomic mass is 10.1. The molecule has 0 radical (unpaired) electrons. The Kier molecular flexibility index (Phi) is 6.32. The van der Waals surface area contributed by atoms with Crippen molar-refractivity contribution in [3.63, 3.8) is 0 Å². The zero-order valence-electron chi connectivity index (χ0n) is 13.7.